The predicted octanol–water partition coefficient (Wildman–Crippen LogP) is 5.60. The lowest BCUT2D eigenvalue weighted by Gasteiger charge is -2.17. The van der Waals surface area contributed by atoms with Crippen LogP contribution in [0.3, 0.4) is 0 Å². The Bertz CT molecular complexity index is 632. The largest absolute Gasteiger partial charge is 0.306 e. The Hall–Kier alpha value is -1.09. The monoisotopic (exact) mass is 325 g/mol. The molecule has 0 saturated heterocycles. The smallest absolute Gasteiger partial charge is 0.129 e. The zero-order chi connectivity index (χ0) is 15.6. The quantitative estimate of drug-likeness (QED) is 0.771. The van der Waals surface area contributed by atoms with Crippen molar-refractivity contribution in [3.05, 3.63) is 68.4 Å². The fraction of sp³-hybridized carbons (Fsp3) is 0.294. The molecule has 0 saturated carbocycles. The van der Waals surface area contributed by atoms with Crippen LogP contribution in [0.1, 0.15) is 35.2 Å². The first-order valence-electron chi connectivity index (χ1n) is 6.83. The highest BCUT2D eigenvalue weighted by Crippen LogP contribution is 2.29. The van der Waals surface area contributed by atoms with Gasteiger partial charge in [0.05, 0.1) is 10.0 Å². The maximum Gasteiger partial charge on any atom is 0.129 e. The van der Waals surface area contributed by atoms with Crippen molar-refractivity contribution in [3.63, 3.8) is 0 Å². The molecule has 0 aromatic heterocycles. The molecule has 2 aromatic rings. The maximum absolute atomic E-state index is 13.6. The molecule has 0 fully saturated rings. The minimum Gasteiger partial charge on any atom is -0.306 e. The summed E-state index contributed by atoms with van der Waals surface area (Å²) in [5.74, 6) is -0.135. The van der Waals surface area contributed by atoms with E-state index in [0.717, 1.165) is 11.1 Å². The van der Waals surface area contributed by atoms with Gasteiger partial charge < -0.3 is 5.32 Å². The molecule has 0 heterocycles. The molecule has 0 aliphatic heterocycles. The van der Waals surface area contributed by atoms with E-state index in [2.05, 4.69) is 5.32 Å². The first-order chi connectivity index (χ1) is 9.90. The van der Waals surface area contributed by atoms with Crippen molar-refractivity contribution < 1.29 is 4.39 Å². The number of benzene rings is 2. The number of rotatable bonds is 4. The van der Waals surface area contributed by atoms with E-state index in [4.69, 9.17) is 23.2 Å². The molecule has 0 spiro atoms. The third-order valence-corrected chi connectivity index (χ3v) is 4.39. The predicted molar refractivity (Wildman–Crippen MR) is 87.6 cm³/mol. The number of hydrogen-bond donors (Lipinski definition) is 1. The van der Waals surface area contributed by atoms with Crippen molar-refractivity contribution in [2.75, 3.05) is 0 Å². The summed E-state index contributed by atoms with van der Waals surface area (Å²) in [6, 6.07) is 9.39. The molecule has 0 radical (unpaired) electrons. The van der Waals surface area contributed by atoms with E-state index in [1.165, 1.54) is 0 Å². The van der Waals surface area contributed by atoms with Gasteiger partial charge in [0, 0.05) is 12.6 Å². The molecule has 1 nitrogen and oxygen atoms in total. The second-order valence-electron chi connectivity index (χ2n) is 5.29. The summed E-state index contributed by atoms with van der Waals surface area (Å²) in [6.07, 6.45) is 0. The van der Waals surface area contributed by atoms with Gasteiger partial charge in [0.2, 0.25) is 0 Å². The first kappa shape index (κ1) is 16.3. The minimum atomic E-state index is -0.135. The van der Waals surface area contributed by atoms with E-state index < -0.39 is 0 Å². The number of halogens is 3. The Labute approximate surface area is 135 Å². The van der Waals surface area contributed by atoms with Gasteiger partial charge in [0.15, 0.2) is 0 Å². The van der Waals surface area contributed by atoms with Gasteiger partial charge in [-0.2, -0.15) is 0 Å². The summed E-state index contributed by atoms with van der Waals surface area (Å²) in [6.45, 7) is 6.24. The van der Waals surface area contributed by atoms with E-state index in [1.807, 2.05) is 31.2 Å². The summed E-state index contributed by atoms with van der Waals surface area (Å²) in [7, 11) is 0. The van der Waals surface area contributed by atoms with Crippen molar-refractivity contribution in [1.82, 2.24) is 5.32 Å². The van der Waals surface area contributed by atoms with E-state index in [9.17, 15) is 4.39 Å². The highest BCUT2D eigenvalue weighted by atomic mass is 35.5. The Kier molecular flexibility index (Phi) is 5.26. The van der Waals surface area contributed by atoms with Gasteiger partial charge in [-0.05, 0) is 49.1 Å². The average molecular weight is 326 g/mol. The second-order valence-corrected chi connectivity index (χ2v) is 6.07. The van der Waals surface area contributed by atoms with Crippen LogP contribution in [0.15, 0.2) is 30.3 Å². The van der Waals surface area contributed by atoms with Gasteiger partial charge in [-0.25, -0.2) is 4.39 Å². The van der Waals surface area contributed by atoms with Crippen LogP contribution in [-0.2, 0) is 6.54 Å². The molecule has 1 unspecified atom stereocenters. The maximum atomic E-state index is 13.6. The van der Waals surface area contributed by atoms with E-state index in [0.29, 0.717) is 27.7 Å². The fourth-order valence-corrected chi connectivity index (χ4v) is 2.84. The third kappa shape index (κ3) is 3.76. The lowest BCUT2D eigenvalue weighted by molar-refractivity contribution is 0.570. The van der Waals surface area contributed by atoms with Crippen LogP contribution in [0.25, 0.3) is 0 Å². The van der Waals surface area contributed by atoms with Crippen LogP contribution in [0, 0.1) is 19.7 Å². The van der Waals surface area contributed by atoms with Crippen LogP contribution in [0.4, 0.5) is 4.39 Å². The van der Waals surface area contributed by atoms with Gasteiger partial charge in [0.25, 0.3) is 0 Å². The molecule has 2 aromatic carbocycles. The van der Waals surface area contributed by atoms with Crippen molar-refractivity contribution in [1.29, 1.82) is 0 Å². The zero-order valence-electron chi connectivity index (χ0n) is 12.3. The lowest BCUT2D eigenvalue weighted by atomic mass is 10.0. The summed E-state index contributed by atoms with van der Waals surface area (Å²) in [4.78, 5) is 0. The molecule has 2 rings (SSSR count). The Morgan fingerprint density at radius 3 is 2.38 bits per heavy atom. The highest BCUT2D eigenvalue weighted by Gasteiger charge is 2.12. The Morgan fingerprint density at radius 2 is 1.76 bits per heavy atom. The van der Waals surface area contributed by atoms with Crippen molar-refractivity contribution in [2.45, 2.75) is 33.4 Å². The van der Waals surface area contributed by atoms with Gasteiger partial charge in [-0.15, -0.1) is 0 Å². The van der Waals surface area contributed by atoms with Gasteiger partial charge in [-0.3, -0.25) is 0 Å². The topological polar surface area (TPSA) is 12.0 Å². The molecule has 4 heteroatoms. The SMILES string of the molecule is Cc1cc(CNC(C)c2cccc(Cl)c2Cl)cc(C)c1F. The average Bonchev–Trinajstić information content (AvgIpc) is 2.45. The lowest BCUT2D eigenvalue weighted by Crippen LogP contribution is -2.18. The molecule has 0 amide bonds. The number of hydrogen-bond acceptors (Lipinski definition) is 1. The van der Waals surface area contributed by atoms with E-state index >= 15 is 0 Å². The van der Waals surface area contributed by atoms with Crippen molar-refractivity contribution in [3.8, 4) is 0 Å². The Morgan fingerprint density at radius 1 is 1.14 bits per heavy atom. The molecule has 112 valence electrons. The normalized spacial score (nSPS) is 12.5. The third-order valence-electron chi connectivity index (χ3n) is 3.56. The zero-order valence-corrected chi connectivity index (χ0v) is 13.8. The van der Waals surface area contributed by atoms with Crippen LogP contribution in [0.5, 0.6) is 0 Å². The molecule has 1 atom stereocenters. The molecule has 1 N–H and O–H groups in total. The highest BCUT2D eigenvalue weighted by molar-refractivity contribution is 6.42. The van der Waals surface area contributed by atoms with Crippen LogP contribution < -0.4 is 5.32 Å². The standard InChI is InChI=1S/C17H18Cl2FN/c1-10-7-13(8-11(2)17(10)20)9-21-12(3)14-5-4-6-15(18)16(14)19/h4-8,12,21H,9H2,1-3H3. The molecule has 0 bridgehead atoms. The van der Waals surface area contributed by atoms with Crippen molar-refractivity contribution >= 4 is 23.2 Å². The van der Waals surface area contributed by atoms with E-state index in [1.54, 1.807) is 19.9 Å². The fourth-order valence-electron chi connectivity index (χ4n) is 2.37. The number of nitrogens with one attached hydrogen (secondary N) is 1. The minimum absolute atomic E-state index is 0.0573. The Balaban J connectivity index is 2.11. The van der Waals surface area contributed by atoms with Crippen LogP contribution >= 0.6 is 23.2 Å². The summed E-state index contributed by atoms with van der Waals surface area (Å²) in [5.41, 5.74) is 3.34. The van der Waals surface area contributed by atoms with Crippen LogP contribution in [0.2, 0.25) is 10.0 Å². The molecule has 0 aliphatic carbocycles. The number of aryl methyl sites for hydroxylation is 2. The van der Waals surface area contributed by atoms with Gasteiger partial charge >= 0.3 is 0 Å². The molecule has 0 aliphatic rings. The summed E-state index contributed by atoms with van der Waals surface area (Å²) in [5, 5.41) is 4.52. The first-order valence-corrected chi connectivity index (χ1v) is 7.58. The molecular formula is C17H18Cl2FN. The summed E-state index contributed by atoms with van der Waals surface area (Å²) >= 11 is 12.3. The van der Waals surface area contributed by atoms with Crippen molar-refractivity contribution in [2.24, 2.45) is 0 Å². The van der Waals surface area contributed by atoms with E-state index in [-0.39, 0.29) is 11.9 Å². The molecule has 21 heavy (non-hydrogen) atoms. The second kappa shape index (κ2) is 6.78. The summed E-state index contributed by atoms with van der Waals surface area (Å²) < 4.78 is 13.6. The van der Waals surface area contributed by atoms with Gasteiger partial charge in [0.1, 0.15) is 5.82 Å². The van der Waals surface area contributed by atoms with Crippen LogP contribution in [-0.4, -0.2) is 0 Å². The van der Waals surface area contributed by atoms with Gasteiger partial charge in [-0.1, -0.05) is 47.5 Å². The molecular weight excluding hydrogens is 308 g/mol.